The molecule has 21 heavy (non-hydrogen) atoms. The van der Waals surface area contributed by atoms with Gasteiger partial charge in [0, 0.05) is 24.8 Å². The van der Waals surface area contributed by atoms with Crippen LogP contribution in [0, 0.1) is 5.82 Å². The van der Waals surface area contributed by atoms with Crippen molar-refractivity contribution in [2.45, 2.75) is 12.5 Å². The molecule has 0 amide bonds. The smallest absolute Gasteiger partial charge is 0.123 e. The first-order valence-electron chi connectivity index (χ1n) is 6.68. The molecule has 112 valence electrons. The lowest BCUT2D eigenvalue weighted by atomic mass is 9.99. The number of nitrogens with one attached hydrogen (secondary N) is 1. The van der Waals surface area contributed by atoms with E-state index in [1.807, 2.05) is 43.3 Å². The number of hydrogen-bond acceptors (Lipinski definition) is 3. The Labute approximate surface area is 129 Å². The van der Waals surface area contributed by atoms with Crippen molar-refractivity contribution >= 4 is 17.3 Å². The van der Waals surface area contributed by atoms with Crippen LogP contribution in [0.2, 0.25) is 5.02 Å². The second-order valence-corrected chi connectivity index (χ2v) is 5.55. The summed E-state index contributed by atoms with van der Waals surface area (Å²) in [6.07, 6.45) is 0.522. The Hall–Kier alpha value is -1.62. The van der Waals surface area contributed by atoms with Gasteiger partial charge in [-0.25, -0.2) is 4.39 Å². The summed E-state index contributed by atoms with van der Waals surface area (Å²) in [5, 5.41) is 0.543. The number of rotatable bonds is 5. The SMILES string of the molecule is CN(C)c1ccc(C(Cc2cc(F)ccc2Cl)NN)cc1. The van der Waals surface area contributed by atoms with Crippen molar-refractivity contribution in [1.82, 2.24) is 5.43 Å². The van der Waals surface area contributed by atoms with Crippen molar-refractivity contribution < 1.29 is 4.39 Å². The van der Waals surface area contributed by atoms with E-state index in [0.717, 1.165) is 16.8 Å². The number of nitrogens with zero attached hydrogens (tertiary/aromatic N) is 1. The van der Waals surface area contributed by atoms with Gasteiger partial charge >= 0.3 is 0 Å². The zero-order chi connectivity index (χ0) is 15.4. The lowest BCUT2D eigenvalue weighted by Gasteiger charge is -2.19. The standard InChI is InChI=1S/C16H19ClFN3/c1-21(2)14-6-3-11(4-7-14)16(20-19)10-12-9-13(18)5-8-15(12)17/h3-9,16,20H,10,19H2,1-2H3. The Morgan fingerprint density at radius 3 is 2.43 bits per heavy atom. The van der Waals surface area contributed by atoms with E-state index >= 15 is 0 Å². The van der Waals surface area contributed by atoms with Gasteiger partial charge in [0.2, 0.25) is 0 Å². The highest BCUT2D eigenvalue weighted by molar-refractivity contribution is 6.31. The molecule has 0 aromatic heterocycles. The molecule has 0 spiro atoms. The summed E-state index contributed by atoms with van der Waals surface area (Å²) in [6, 6.07) is 12.3. The first kappa shape index (κ1) is 15.8. The highest BCUT2D eigenvalue weighted by atomic mass is 35.5. The minimum absolute atomic E-state index is 0.125. The number of nitrogens with two attached hydrogens (primary N) is 1. The van der Waals surface area contributed by atoms with Crippen molar-refractivity contribution in [3.63, 3.8) is 0 Å². The van der Waals surface area contributed by atoms with E-state index in [4.69, 9.17) is 17.4 Å². The first-order valence-corrected chi connectivity index (χ1v) is 7.06. The fraction of sp³-hybridized carbons (Fsp3) is 0.250. The van der Waals surface area contributed by atoms with E-state index < -0.39 is 0 Å². The van der Waals surface area contributed by atoms with Crippen LogP contribution in [-0.2, 0) is 6.42 Å². The van der Waals surface area contributed by atoms with E-state index in [-0.39, 0.29) is 11.9 Å². The van der Waals surface area contributed by atoms with E-state index in [1.165, 1.54) is 12.1 Å². The third-order valence-corrected chi connectivity index (χ3v) is 3.81. The van der Waals surface area contributed by atoms with Gasteiger partial charge in [0.25, 0.3) is 0 Å². The highest BCUT2D eigenvalue weighted by Crippen LogP contribution is 2.25. The Bertz CT molecular complexity index is 599. The summed E-state index contributed by atoms with van der Waals surface area (Å²) in [4.78, 5) is 2.03. The molecule has 0 radical (unpaired) electrons. The summed E-state index contributed by atoms with van der Waals surface area (Å²) in [5.41, 5.74) is 5.64. The van der Waals surface area contributed by atoms with Crippen LogP contribution in [-0.4, -0.2) is 14.1 Å². The van der Waals surface area contributed by atoms with Crippen molar-refractivity contribution in [1.29, 1.82) is 0 Å². The third kappa shape index (κ3) is 3.94. The summed E-state index contributed by atoms with van der Waals surface area (Å²) < 4.78 is 13.3. The van der Waals surface area contributed by atoms with Crippen LogP contribution in [0.15, 0.2) is 42.5 Å². The fourth-order valence-corrected chi connectivity index (χ4v) is 2.39. The number of benzene rings is 2. The molecule has 2 rings (SSSR count). The second-order valence-electron chi connectivity index (χ2n) is 5.15. The van der Waals surface area contributed by atoms with Crippen molar-refractivity contribution in [2.24, 2.45) is 5.84 Å². The molecule has 3 nitrogen and oxygen atoms in total. The molecular weight excluding hydrogens is 289 g/mol. The van der Waals surface area contributed by atoms with E-state index in [9.17, 15) is 4.39 Å². The van der Waals surface area contributed by atoms with E-state index in [2.05, 4.69) is 5.43 Å². The quantitative estimate of drug-likeness (QED) is 0.658. The lowest BCUT2D eigenvalue weighted by Crippen LogP contribution is -2.29. The second kappa shape index (κ2) is 6.89. The molecule has 3 N–H and O–H groups in total. The molecule has 0 saturated heterocycles. The van der Waals surface area contributed by atoms with Gasteiger partial charge in [0.15, 0.2) is 0 Å². The molecule has 0 heterocycles. The van der Waals surface area contributed by atoms with Gasteiger partial charge in [-0.3, -0.25) is 11.3 Å². The molecule has 0 fully saturated rings. The largest absolute Gasteiger partial charge is 0.378 e. The molecule has 0 aliphatic carbocycles. The van der Waals surface area contributed by atoms with E-state index in [1.54, 1.807) is 6.07 Å². The zero-order valence-corrected chi connectivity index (χ0v) is 12.9. The van der Waals surface area contributed by atoms with Gasteiger partial charge in [-0.05, 0) is 47.9 Å². The van der Waals surface area contributed by atoms with Crippen LogP contribution in [0.25, 0.3) is 0 Å². The van der Waals surface area contributed by atoms with Crippen LogP contribution in [0.1, 0.15) is 17.2 Å². The molecule has 0 saturated carbocycles. The summed E-state index contributed by atoms with van der Waals surface area (Å²) >= 11 is 6.11. The van der Waals surface area contributed by atoms with Crippen LogP contribution in [0.4, 0.5) is 10.1 Å². The number of halogens is 2. The maximum Gasteiger partial charge on any atom is 0.123 e. The zero-order valence-electron chi connectivity index (χ0n) is 12.1. The molecule has 1 atom stereocenters. The molecule has 0 aliphatic rings. The van der Waals surface area contributed by atoms with Gasteiger partial charge in [-0.1, -0.05) is 23.7 Å². The van der Waals surface area contributed by atoms with Gasteiger partial charge < -0.3 is 4.90 Å². The summed E-state index contributed by atoms with van der Waals surface area (Å²) in [5.74, 6) is 5.34. The molecule has 2 aromatic carbocycles. The predicted octanol–water partition coefficient (Wildman–Crippen LogP) is 3.29. The normalized spacial score (nSPS) is 12.2. The van der Waals surface area contributed by atoms with Crippen LogP contribution >= 0.6 is 11.6 Å². The maximum absolute atomic E-state index is 13.3. The van der Waals surface area contributed by atoms with Gasteiger partial charge in [-0.2, -0.15) is 0 Å². The Balaban J connectivity index is 2.21. The van der Waals surface area contributed by atoms with E-state index in [0.29, 0.717) is 11.4 Å². The monoisotopic (exact) mass is 307 g/mol. The predicted molar refractivity (Wildman–Crippen MR) is 85.9 cm³/mol. The van der Waals surface area contributed by atoms with Crippen LogP contribution < -0.4 is 16.2 Å². The fourth-order valence-electron chi connectivity index (χ4n) is 2.20. The first-order chi connectivity index (χ1) is 10.0. The van der Waals surface area contributed by atoms with Crippen molar-refractivity contribution in [3.05, 3.63) is 64.4 Å². The lowest BCUT2D eigenvalue weighted by molar-refractivity contribution is 0.548. The highest BCUT2D eigenvalue weighted by Gasteiger charge is 2.13. The third-order valence-electron chi connectivity index (χ3n) is 3.44. The molecule has 1 unspecified atom stereocenters. The Morgan fingerprint density at radius 1 is 1.19 bits per heavy atom. The maximum atomic E-state index is 13.3. The average Bonchev–Trinajstić information content (AvgIpc) is 2.48. The molecule has 5 heteroatoms. The topological polar surface area (TPSA) is 41.3 Å². The Morgan fingerprint density at radius 2 is 1.86 bits per heavy atom. The van der Waals surface area contributed by atoms with Crippen molar-refractivity contribution in [3.8, 4) is 0 Å². The number of hydrazine groups is 1. The van der Waals surface area contributed by atoms with Gasteiger partial charge in [0.05, 0.1) is 6.04 Å². The van der Waals surface area contributed by atoms with Crippen molar-refractivity contribution in [2.75, 3.05) is 19.0 Å². The minimum Gasteiger partial charge on any atom is -0.378 e. The van der Waals surface area contributed by atoms with Gasteiger partial charge in [0.1, 0.15) is 5.82 Å². The number of hydrogen-bond donors (Lipinski definition) is 2. The molecule has 2 aromatic rings. The molecular formula is C16H19ClFN3. The summed E-state index contributed by atoms with van der Waals surface area (Å²) in [6.45, 7) is 0. The molecule has 0 bridgehead atoms. The van der Waals surface area contributed by atoms with Crippen LogP contribution in [0.5, 0.6) is 0 Å². The van der Waals surface area contributed by atoms with Gasteiger partial charge in [-0.15, -0.1) is 0 Å². The average molecular weight is 308 g/mol. The molecule has 0 aliphatic heterocycles. The minimum atomic E-state index is -0.298. The number of anilines is 1. The van der Waals surface area contributed by atoms with Crippen LogP contribution in [0.3, 0.4) is 0 Å². The summed E-state index contributed by atoms with van der Waals surface area (Å²) in [7, 11) is 3.97. The Kier molecular flexibility index (Phi) is 5.17.